The molecular formula is C31H31ClF3N5O4. The fourth-order valence-electron chi connectivity index (χ4n) is 6.91. The second-order valence-corrected chi connectivity index (χ2v) is 12.7. The number of aromatic nitrogens is 3. The van der Waals surface area contributed by atoms with Gasteiger partial charge in [-0.1, -0.05) is 17.7 Å². The molecule has 44 heavy (non-hydrogen) atoms. The number of hydrogen-bond donors (Lipinski definition) is 2. The summed E-state index contributed by atoms with van der Waals surface area (Å²) in [4.78, 5) is 17.4. The van der Waals surface area contributed by atoms with E-state index in [0.717, 1.165) is 19.4 Å². The van der Waals surface area contributed by atoms with Crippen molar-refractivity contribution in [1.29, 1.82) is 0 Å². The van der Waals surface area contributed by atoms with Gasteiger partial charge in [-0.15, -0.1) is 0 Å². The molecule has 1 unspecified atom stereocenters. The molecule has 4 aromatic rings. The number of aromatic hydroxyl groups is 1. The summed E-state index contributed by atoms with van der Waals surface area (Å²) in [6, 6.07) is 5.17. The molecule has 2 aromatic heterocycles. The molecular weight excluding hydrogens is 599 g/mol. The summed E-state index contributed by atoms with van der Waals surface area (Å²) in [6.07, 6.45) is 2.48. The van der Waals surface area contributed by atoms with Crippen molar-refractivity contribution in [3.63, 3.8) is 0 Å². The van der Waals surface area contributed by atoms with Crippen molar-refractivity contribution < 1.29 is 32.9 Å². The van der Waals surface area contributed by atoms with Crippen LogP contribution in [0.15, 0.2) is 30.5 Å². The van der Waals surface area contributed by atoms with Crippen LogP contribution in [-0.4, -0.2) is 93.4 Å². The van der Waals surface area contributed by atoms with Crippen LogP contribution >= 0.6 is 11.6 Å². The maximum atomic E-state index is 16.6. The van der Waals surface area contributed by atoms with E-state index in [-0.39, 0.29) is 69.9 Å². The normalized spacial score (nSPS) is 26.0. The van der Waals surface area contributed by atoms with Crippen LogP contribution in [0.2, 0.25) is 5.02 Å². The Labute approximate surface area is 256 Å². The van der Waals surface area contributed by atoms with E-state index in [2.05, 4.69) is 19.9 Å². The average molecular weight is 630 g/mol. The van der Waals surface area contributed by atoms with Gasteiger partial charge in [-0.25, -0.2) is 13.2 Å². The number of nitrogens with zero attached hydrogens (tertiary/aromatic N) is 5. The summed E-state index contributed by atoms with van der Waals surface area (Å²) in [5.41, 5.74) is -1.95. The Hall–Kier alpha value is -3.45. The summed E-state index contributed by atoms with van der Waals surface area (Å²) in [6.45, 7) is 3.78. The van der Waals surface area contributed by atoms with E-state index in [9.17, 15) is 19.0 Å². The Bertz CT molecular complexity index is 1780. The lowest BCUT2D eigenvalue weighted by Crippen LogP contribution is -2.44. The van der Waals surface area contributed by atoms with E-state index in [1.165, 1.54) is 30.5 Å². The summed E-state index contributed by atoms with van der Waals surface area (Å²) in [5.74, 6) is -1.45. The maximum absolute atomic E-state index is 16.6. The Balaban J connectivity index is 1.38. The minimum atomic E-state index is -1.22. The molecule has 0 bridgehead atoms. The second kappa shape index (κ2) is 10.9. The standard InChI is InChI=1S/C31H31ClF3N5O4/c1-30(42)14-39(7-8-43-15-30)28-21-12-36-26(20-10-19(41)9-17-3-4-22(34)24(32)23(17)20)25(35)27(21)37-29(38-28)44-16-31-5-2-6-40(31)13-18(33)11-31/h3-4,9-10,12,18,41-42H,2,5-8,11,13-16H2,1H3/t18-,30?,31+/m0/s1. The number of alkyl halides is 1. The van der Waals surface area contributed by atoms with Gasteiger partial charge in [0.05, 0.1) is 35.7 Å². The monoisotopic (exact) mass is 629 g/mol. The van der Waals surface area contributed by atoms with Gasteiger partial charge in [0.1, 0.15) is 47.0 Å². The highest BCUT2D eigenvalue weighted by Gasteiger charge is 2.49. The molecule has 3 saturated heterocycles. The number of fused-ring (bicyclic) bond motifs is 3. The lowest BCUT2D eigenvalue weighted by Gasteiger charge is -2.31. The van der Waals surface area contributed by atoms with Crippen LogP contribution in [0.4, 0.5) is 19.0 Å². The molecule has 0 aliphatic carbocycles. The highest BCUT2D eigenvalue weighted by molar-refractivity contribution is 6.37. The van der Waals surface area contributed by atoms with Gasteiger partial charge >= 0.3 is 6.01 Å². The molecule has 2 aromatic carbocycles. The largest absolute Gasteiger partial charge is 0.508 e. The van der Waals surface area contributed by atoms with Crippen molar-refractivity contribution >= 4 is 39.1 Å². The van der Waals surface area contributed by atoms with Crippen LogP contribution in [-0.2, 0) is 4.74 Å². The molecule has 9 nitrogen and oxygen atoms in total. The Morgan fingerprint density at radius 1 is 1.20 bits per heavy atom. The average Bonchev–Trinajstić information content (AvgIpc) is 3.43. The SMILES string of the molecule is CC1(O)COCCN(c2nc(OC[C@]34CCCN3C[C@@H](F)C4)nc3c(F)c(-c4cc(O)cc5ccc(F)c(Cl)c45)ncc23)C1. The first-order valence-corrected chi connectivity index (χ1v) is 15.0. The van der Waals surface area contributed by atoms with Crippen LogP contribution in [0.3, 0.4) is 0 Å². The highest BCUT2D eigenvalue weighted by atomic mass is 35.5. The zero-order valence-electron chi connectivity index (χ0n) is 24.0. The smallest absolute Gasteiger partial charge is 0.319 e. The molecule has 0 amide bonds. The highest BCUT2D eigenvalue weighted by Crippen LogP contribution is 2.42. The summed E-state index contributed by atoms with van der Waals surface area (Å²) in [7, 11) is 0. The summed E-state index contributed by atoms with van der Waals surface area (Å²) in [5, 5.41) is 21.9. The first-order chi connectivity index (χ1) is 21.0. The zero-order valence-corrected chi connectivity index (χ0v) is 24.7. The van der Waals surface area contributed by atoms with Gasteiger partial charge in [-0.05, 0) is 49.9 Å². The lowest BCUT2D eigenvalue weighted by molar-refractivity contribution is -0.0123. The number of rotatable bonds is 5. The van der Waals surface area contributed by atoms with Crippen molar-refractivity contribution in [1.82, 2.24) is 19.9 Å². The fraction of sp³-hybridized carbons (Fsp3) is 0.452. The molecule has 232 valence electrons. The number of pyridine rings is 1. The van der Waals surface area contributed by atoms with Crippen molar-refractivity contribution in [2.45, 2.75) is 43.5 Å². The molecule has 3 fully saturated rings. The third-order valence-corrected chi connectivity index (χ3v) is 9.24. The number of anilines is 1. The van der Waals surface area contributed by atoms with E-state index in [0.29, 0.717) is 31.5 Å². The Morgan fingerprint density at radius 3 is 2.89 bits per heavy atom. The van der Waals surface area contributed by atoms with Crippen molar-refractivity contribution in [3.05, 3.63) is 47.1 Å². The quantitative estimate of drug-likeness (QED) is 0.315. The Kier molecular flexibility index (Phi) is 7.23. The minimum Gasteiger partial charge on any atom is -0.508 e. The van der Waals surface area contributed by atoms with Crippen LogP contribution in [0.5, 0.6) is 11.8 Å². The van der Waals surface area contributed by atoms with Crippen LogP contribution < -0.4 is 9.64 Å². The molecule has 3 atom stereocenters. The number of β-amino-alcohol motifs (C(OH)–C–C–N with tert-alkyl or cyclic N) is 1. The van der Waals surface area contributed by atoms with Crippen molar-refractivity contribution in [3.8, 4) is 23.0 Å². The molecule has 7 rings (SSSR count). The van der Waals surface area contributed by atoms with E-state index in [1.807, 2.05) is 0 Å². The number of phenolic OH excluding ortho intramolecular Hbond substituents is 1. The van der Waals surface area contributed by atoms with Crippen molar-refractivity contribution in [2.75, 3.05) is 50.9 Å². The van der Waals surface area contributed by atoms with Crippen LogP contribution in [0.25, 0.3) is 32.9 Å². The molecule has 13 heteroatoms. The van der Waals surface area contributed by atoms with Crippen LogP contribution in [0, 0.1) is 11.6 Å². The number of hydrogen-bond acceptors (Lipinski definition) is 9. The van der Waals surface area contributed by atoms with Gasteiger partial charge in [-0.3, -0.25) is 9.88 Å². The molecule has 2 N–H and O–H groups in total. The first kappa shape index (κ1) is 29.3. The third-order valence-electron chi connectivity index (χ3n) is 8.87. The number of halogens is 4. The maximum Gasteiger partial charge on any atom is 0.319 e. The molecule has 0 saturated carbocycles. The molecule has 0 radical (unpaired) electrons. The van der Waals surface area contributed by atoms with E-state index in [4.69, 9.17) is 21.1 Å². The van der Waals surface area contributed by atoms with Gasteiger partial charge in [0.2, 0.25) is 0 Å². The van der Waals surface area contributed by atoms with E-state index >= 15 is 4.39 Å². The number of aliphatic hydroxyl groups is 1. The summed E-state index contributed by atoms with van der Waals surface area (Å²) < 4.78 is 57.3. The van der Waals surface area contributed by atoms with Gasteiger partial charge in [0.25, 0.3) is 0 Å². The van der Waals surface area contributed by atoms with Gasteiger partial charge < -0.3 is 24.6 Å². The van der Waals surface area contributed by atoms with Crippen molar-refractivity contribution in [2.24, 2.45) is 0 Å². The fourth-order valence-corrected chi connectivity index (χ4v) is 7.19. The second-order valence-electron chi connectivity index (χ2n) is 12.3. The van der Waals surface area contributed by atoms with E-state index < -0.39 is 28.9 Å². The third kappa shape index (κ3) is 5.07. The van der Waals surface area contributed by atoms with Gasteiger partial charge in [-0.2, -0.15) is 9.97 Å². The number of benzene rings is 2. The van der Waals surface area contributed by atoms with Crippen LogP contribution in [0.1, 0.15) is 26.2 Å². The number of ether oxygens (including phenoxy) is 2. The molecule has 3 aliphatic heterocycles. The number of phenols is 1. The topological polar surface area (TPSA) is 104 Å². The molecule has 3 aliphatic rings. The molecule has 0 spiro atoms. The van der Waals surface area contributed by atoms with E-state index in [1.54, 1.807) is 11.8 Å². The first-order valence-electron chi connectivity index (χ1n) is 14.6. The summed E-state index contributed by atoms with van der Waals surface area (Å²) >= 11 is 6.33. The lowest BCUT2D eigenvalue weighted by atomic mass is 9.95. The predicted octanol–water partition coefficient (Wildman–Crippen LogP) is 5.03. The van der Waals surface area contributed by atoms with Gasteiger partial charge in [0.15, 0.2) is 5.82 Å². The molecule has 5 heterocycles. The predicted molar refractivity (Wildman–Crippen MR) is 159 cm³/mol. The Morgan fingerprint density at radius 2 is 2.05 bits per heavy atom. The zero-order chi connectivity index (χ0) is 30.8. The minimum absolute atomic E-state index is 0.0815. The van der Waals surface area contributed by atoms with Gasteiger partial charge in [0, 0.05) is 36.7 Å².